The lowest BCUT2D eigenvalue weighted by molar-refractivity contribution is 0.394. The number of nitrogens with zero attached hydrogens (tertiary/aromatic N) is 2. The van der Waals surface area contributed by atoms with Crippen molar-refractivity contribution in [3.05, 3.63) is 64.2 Å². The van der Waals surface area contributed by atoms with Gasteiger partial charge in [-0.2, -0.15) is 4.98 Å². The molecule has 3 aromatic rings. The second-order valence-electron chi connectivity index (χ2n) is 5.94. The van der Waals surface area contributed by atoms with Crippen LogP contribution in [0.3, 0.4) is 0 Å². The molecule has 0 bridgehead atoms. The summed E-state index contributed by atoms with van der Waals surface area (Å²) < 4.78 is 12.8. The molecule has 5 heteroatoms. The molecule has 126 valence electrons. The van der Waals surface area contributed by atoms with Crippen LogP contribution in [0.1, 0.15) is 17.8 Å². The average molecular weight is 334 g/mol. The number of ether oxygens (including phenoxy) is 2. The van der Waals surface area contributed by atoms with Crippen LogP contribution in [0.5, 0.6) is 11.5 Å². The van der Waals surface area contributed by atoms with Crippen molar-refractivity contribution in [2.75, 3.05) is 14.2 Å². The summed E-state index contributed by atoms with van der Waals surface area (Å²) in [6.07, 6.45) is 2.87. The molecule has 0 radical (unpaired) electrons. The van der Waals surface area contributed by atoms with E-state index in [0.717, 1.165) is 46.9 Å². The van der Waals surface area contributed by atoms with E-state index in [1.807, 2.05) is 48.5 Å². The summed E-state index contributed by atoms with van der Waals surface area (Å²) in [7, 11) is 3.26. The Morgan fingerprint density at radius 1 is 1.12 bits per heavy atom. The summed E-state index contributed by atoms with van der Waals surface area (Å²) >= 11 is 0. The van der Waals surface area contributed by atoms with Crippen LogP contribution >= 0.6 is 0 Å². The fourth-order valence-electron chi connectivity index (χ4n) is 3.30. The second-order valence-corrected chi connectivity index (χ2v) is 5.94. The third-order valence-corrected chi connectivity index (χ3v) is 4.55. The highest BCUT2D eigenvalue weighted by Gasteiger charge is 2.20. The van der Waals surface area contributed by atoms with Gasteiger partial charge in [0.2, 0.25) is 0 Å². The number of aromatic nitrogens is 2. The van der Waals surface area contributed by atoms with E-state index in [-0.39, 0.29) is 5.56 Å². The van der Waals surface area contributed by atoms with Crippen molar-refractivity contribution in [3.8, 4) is 11.5 Å². The quantitative estimate of drug-likeness (QED) is 0.737. The van der Waals surface area contributed by atoms with Crippen LogP contribution in [-0.2, 0) is 6.54 Å². The van der Waals surface area contributed by atoms with Gasteiger partial charge in [-0.15, -0.1) is 0 Å². The van der Waals surface area contributed by atoms with Gasteiger partial charge in [0.15, 0.2) is 0 Å². The lowest BCUT2D eigenvalue weighted by atomic mass is 10.1. The van der Waals surface area contributed by atoms with Crippen molar-refractivity contribution in [1.29, 1.82) is 0 Å². The first kappa shape index (κ1) is 15.4. The van der Waals surface area contributed by atoms with Crippen LogP contribution in [0.15, 0.2) is 47.3 Å². The zero-order valence-electron chi connectivity index (χ0n) is 14.2. The molecule has 1 aromatic heterocycles. The van der Waals surface area contributed by atoms with Gasteiger partial charge in [0.05, 0.1) is 25.1 Å². The van der Waals surface area contributed by atoms with Crippen LogP contribution < -0.4 is 15.0 Å². The maximum atomic E-state index is 12.4. The molecule has 0 saturated heterocycles. The lowest BCUT2D eigenvalue weighted by Crippen LogP contribution is -2.14. The number of hydrogen-bond donors (Lipinski definition) is 0. The summed E-state index contributed by atoms with van der Waals surface area (Å²) in [5, 5.41) is 0.662. The number of methoxy groups -OCH3 is 2. The number of para-hydroxylation sites is 1. The predicted octanol–water partition coefficient (Wildman–Crippen LogP) is 3.36. The average Bonchev–Trinajstić information content (AvgIpc) is 3.05. The molecule has 25 heavy (non-hydrogen) atoms. The minimum absolute atomic E-state index is 0.184. The minimum atomic E-state index is -0.184. The van der Waals surface area contributed by atoms with Crippen LogP contribution in [0.4, 0.5) is 0 Å². The summed E-state index contributed by atoms with van der Waals surface area (Å²) in [5.74, 6) is 2.21. The molecular formula is C20H18N2O3. The Hall–Kier alpha value is -3.08. The number of hydrogen-bond acceptors (Lipinski definition) is 4. The highest BCUT2D eigenvalue weighted by atomic mass is 16.5. The molecule has 0 N–H and O–H groups in total. The zero-order valence-corrected chi connectivity index (χ0v) is 14.2. The first-order valence-corrected chi connectivity index (χ1v) is 8.14. The van der Waals surface area contributed by atoms with Crippen molar-refractivity contribution in [2.24, 2.45) is 0 Å². The molecule has 0 spiro atoms. The highest BCUT2D eigenvalue weighted by Crippen LogP contribution is 2.33. The smallest absolute Gasteiger partial charge is 0.281 e. The number of allylic oxidation sites excluding steroid dienone is 1. The first-order valence-electron chi connectivity index (χ1n) is 8.14. The Bertz CT molecular complexity index is 1050. The van der Waals surface area contributed by atoms with Crippen molar-refractivity contribution < 1.29 is 9.47 Å². The molecule has 5 nitrogen and oxygen atoms in total. The fourth-order valence-corrected chi connectivity index (χ4v) is 3.30. The Labute approximate surface area is 145 Å². The number of fused-ring (bicyclic) bond motifs is 3. The Morgan fingerprint density at radius 3 is 2.76 bits per heavy atom. The zero-order chi connectivity index (χ0) is 17.4. The topological polar surface area (TPSA) is 53.4 Å². The van der Waals surface area contributed by atoms with Crippen LogP contribution in [0.2, 0.25) is 0 Å². The largest absolute Gasteiger partial charge is 0.497 e. The number of rotatable bonds is 3. The van der Waals surface area contributed by atoms with Gasteiger partial charge in [0.25, 0.3) is 5.56 Å². The first-order chi connectivity index (χ1) is 12.2. The van der Waals surface area contributed by atoms with Gasteiger partial charge in [-0.3, -0.25) is 4.79 Å². The van der Waals surface area contributed by atoms with E-state index < -0.39 is 0 Å². The van der Waals surface area contributed by atoms with Gasteiger partial charge in [-0.05, 0) is 42.3 Å². The van der Waals surface area contributed by atoms with E-state index >= 15 is 0 Å². The summed E-state index contributed by atoms with van der Waals surface area (Å²) in [4.78, 5) is 16.7. The van der Waals surface area contributed by atoms with Gasteiger partial charge in [0, 0.05) is 18.2 Å². The molecule has 0 aliphatic carbocycles. The summed E-state index contributed by atoms with van der Waals surface area (Å²) in [5.41, 5.74) is 2.72. The van der Waals surface area contributed by atoms with E-state index in [1.165, 1.54) is 0 Å². The van der Waals surface area contributed by atoms with E-state index in [0.29, 0.717) is 5.39 Å². The Morgan fingerprint density at radius 2 is 1.96 bits per heavy atom. The van der Waals surface area contributed by atoms with Crippen molar-refractivity contribution in [3.63, 3.8) is 0 Å². The van der Waals surface area contributed by atoms with Crippen LogP contribution in [0, 0.1) is 0 Å². The number of benzene rings is 2. The van der Waals surface area contributed by atoms with E-state index in [9.17, 15) is 4.79 Å². The summed E-state index contributed by atoms with van der Waals surface area (Å²) in [6, 6.07) is 13.3. The second kappa shape index (κ2) is 6.09. The molecule has 0 atom stereocenters. The fraction of sp³-hybridized carbons (Fsp3) is 0.200. The van der Waals surface area contributed by atoms with Crippen LogP contribution in [0.25, 0.3) is 22.6 Å². The normalized spacial score (nSPS) is 14.7. The van der Waals surface area contributed by atoms with E-state index in [2.05, 4.69) is 9.55 Å². The molecule has 0 saturated carbocycles. The van der Waals surface area contributed by atoms with E-state index in [4.69, 9.17) is 9.47 Å². The van der Waals surface area contributed by atoms with Crippen molar-refractivity contribution in [2.45, 2.75) is 13.0 Å². The number of aryl methyl sites for hydroxylation is 1. The molecule has 0 fully saturated rings. The van der Waals surface area contributed by atoms with E-state index in [1.54, 1.807) is 14.2 Å². The molecule has 4 rings (SSSR count). The van der Waals surface area contributed by atoms with Gasteiger partial charge in [-0.25, -0.2) is 0 Å². The third-order valence-electron chi connectivity index (χ3n) is 4.55. The molecule has 2 aromatic carbocycles. The molecule has 1 aliphatic heterocycles. The molecular weight excluding hydrogens is 316 g/mol. The SMILES string of the molecule is COc1ccc(/C=C2\CCn3c2nc(=O)c2ccccc23)c(OC)c1. The van der Waals surface area contributed by atoms with Gasteiger partial charge in [0.1, 0.15) is 17.3 Å². The van der Waals surface area contributed by atoms with Gasteiger partial charge >= 0.3 is 0 Å². The predicted molar refractivity (Wildman–Crippen MR) is 98.0 cm³/mol. The molecule has 1 aliphatic rings. The van der Waals surface area contributed by atoms with Crippen LogP contribution in [-0.4, -0.2) is 23.8 Å². The Kier molecular flexibility index (Phi) is 3.76. The minimum Gasteiger partial charge on any atom is -0.497 e. The van der Waals surface area contributed by atoms with Crippen molar-refractivity contribution in [1.82, 2.24) is 9.55 Å². The standard InChI is InChI=1S/C20H18N2O3/c1-24-15-8-7-13(18(12-15)25-2)11-14-9-10-22-17-6-4-3-5-16(17)20(23)21-19(14)22/h3-8,11-12H,9-10H2,1-2H3/b14-11+. The van der Waals surface area contributed by atoms with Gasteiger partial charge < -0.3 is 14.0 Å². The molecule has 0 unspecified atom stereocenters. The van der Waals surface area contributed by atoms with Crippen molar-refractivity contribution >= 4 is 22.6 Å². The maximum absolute atomic E-state index is 12.4. The maximum Gasteiger partial charge on any atom is 0.281 e. The monoisotopic (exact) mass is 334 g/mol. The highest BCUT2D eigenvalue weighted by molar-refractivity contribution is 5.86. The van der Waals surface area contributed by atoms with Gasteiger partial charge in [-0.1, -0.05) is 12.1 Å². The third kappa shape index (κ3) is 2.58. The Balaban J connectivity index is 1.86. The summed E-state index contributed by atoms with van der Waals surface area (Å²) in [6.45, 7) is 0.813. The molecule has 2 heterocycles. The lowest BCUT2D eigenvalue weighted by Gasteiger charge is -2.09. The molecule has 0 amide bonds.